The highest BCUT2D eigenvalue weighted by molar-refractivity contribution is 8.05. The van der Waals surface area contributed by atoms with Crippen LogP contribution in [0.1, 0.15) is 51.5 Å². The molecule has 1 aromatic carbocycles. The lowest BCUT2D eigenvalue weighted by Gasteiger charge is -2.41. The first kappa shape index (κ1) is 23.9. The van der Waals surface area contributed by atoms with E-state index < -0.39 is 0 Å². The standard InChI is InChI=1S/C27H36N4OS/c1-3-31-26(32)25(33-27(31)20(2)18-28)11-14-29-24-10-6-7-21(17-24)12-15-30-16-13-22-8-4-5-9-23(22)19-30/h6-7,10-11,14,17,22-23,25,29H,3-5,8-9,12-13,15-16,19H2,1-2H3/b14-11?,27-20+. The number of rotatable bonds is 7. The molecule has 1 amide bonds. The van der Waals surface area contributed by atoms with Gasteiger partial charge in [-0.3, -0.25) is 4.79 Å². The lowest BCUT2D eigenvalue weighted by Crippen LogP contribution is -2.42. The van der Waals surface area contributed by atoms with E-state index >= 15 is 0 Å². The van der Waals surface area contributed by atoms with Crippen molar-refractivity contribution in [3.05, 3.63) is 52.7 Å². The molecule has 1 N–H and O–H groups in total. The Kier molecular flexibility index (Phi) is 8.16. The number of nitrogens with zero attached hydrogens (tertiary/aromatic N) is 3. The fourth-order valence-electron chi connectivity index (χ4n) is 5.46. The number of nitriles is 1. The molecule has 2 aliphatic heterocycles. The molecule has 6 heteroatoms. The van der Waals surface area contributed by atoms with E-state index in [0.717, 1.165) is 35.5 Å². The van der Waals surface area contributed by atoms with E-state index in [9.17, 15) is 10.1 Å². The average molecular weight is 465 g/mol. The van der Waals surface area contributed by atoms with Gasteiger partial charge in [-0.15, -0.1) is 0 Å². The van der Waals surface area contributed by atoms with Crippen molar-refractivity contribution in [1.82, 2.24) is 9.80 Å². The minimum atomic E-state index is -0.290. The predicted molar refractivity (Wildman–Crippen MR) is 136 cm³/mol. The van der Waals surface area contributed by atoms with E-state index in [2.05, 4.69) is 40.6 Å². The number of hydrogen-bond donors (Lipinski definition) is 1. The Labute approximate surface area is 202 Å². The molecule has 33 heavy (non-hydrogen) atoms. The number of anilines is 1. The van der Waals surface area contributed by atoms with Gasteiger partial charge in [-0.1, -0.05) is 43.2 Å². The van der Waals surface area contributed by atoms with Crippen molar-refractivity contribution >= 4 is 23.4 Å². The minimum Gasteiger partial charge on any atom is -0.362 e. The first-order valence-electron chi connectivity index (χ1n) is 12.4. The van der Waals surface area contributed by atoms with Crippen LogP contribution in [0.25, 0.3) is 0 Å². The maximum absolute atomic E-state index is 12.7. The van der Waals surface area contributed by atoms with Crippen LogP contribution in [0.3, 0.4) is 0 Å². The fraction of sp³-hybridized carbons (Fsp3) is 0.556. The van der Waals surface area contributed by atoms with Crippen LogP contribution in [0.2, 0.25) is 0 Å². The number of likely N-dealkylation sites (tertiary alicyclic amines) is 1. The monoisotopic (exact) mass is 464 g/mol. The van der Waals surface area contributed by atoms with Crippen LogP contribution in [0.4, 0.5) is 5.69 Å². The second kappa shape index (κ2) is 11.3. The van der Waals surface area contributed by atoms with E-state index in [4.69, 9.17) is 0 Å². The van der Waals surface area contributed by atoms with Crippen LogP contribution in [0.5, 0.6) is 0 Å². The topological polar surface area (TPSA) is 59.4 Å². The summed E-state index contributed by atoms with van der Waals surface area (Å²) in [5.41, 5.74) is 2.98. The van der Waals surface area contributed by atoms with Gasteiger partial charge in [-0.2, -0.15) is 5.26 Å². The predicted octanol–water partition coefficient (Wildman–Crippen LogP) is 5.39. The molecule has 1 aromatic rings. The van der Waals surface area contributed by atoms with Gasteiger partial charge in [-0.05, 0) is 81.5 Å². The third-order valence-electron chi connectivity index (χ3n) is 7.34. The van der Waals surface area contributed by atoms with Crippen LogP contribution < -0.4 is 5.32 Å². The molecule has 3 fully saturated rings. The summed E-state index contributed by atoms with van der Waals surface area (Å²) in [6.45, 7) is 7.97. The highest BCUT2D eigenvalue weighted by Gasteiger charge is 2.35. The summed E-state index contributed by atoms with van der Waals surface area (Å²) in [6.07, 6.45) is 12.0. The Morgan fingerprint density at radius 2 is 2.09 bits per heavy atom. The van der Waals surface area contributed by atoms with Gasteiger partial charge in [0.1, 0.15) is 5.25 Å². The molecule has 0 aromatic heterocycles. The molecular formula is C27H36N4OS. The number of piperidine rings is 1. The van der Waals surface area contributed by atoms with Gasteiger partial charge in [-0.25, -0.2) is 0 Å². The first-order valence-corrected chi connectivity index (χ1v) is 13.3. The number of amides is 1. The molecule has 0 radical (unpaired) electrons. The maximum Gasteiger partial charge on any atom is 0.244 e. The molecule has 176 valence electrons. The molecule has 2 heterocycles. The van der Waals surface area contributed by atoms with Crippen LogP contribution in [0.15, 0.2) is 47.1 Å². The molecule has 3 atom stereocenters. The van der Waals surface area contributed by atoms with Gasteiger partial charge < -0.3 is 15.1 Å². The lowest BCUT2D eigenvalue weighted by molar-refractivity contribution is -0.126. The average Bonchev–Trinajstić information content (AvgIpc) is 3.17. The number of hydrogen-bond acceptors (Lipinski definition) is 5. The molecule has 1 aliphatic carbocycles. The summed E-state index contributed by atoms with van der Waals surface area (Å²) >= 11 is 1.46. The van der Waals surface area contributed by atoms with Gasteiger partial charge in [0, 0.05) is 25.3 Å². The molecule has 3 aliphatic rings. The summed E-state index contributed by atoms with van der Waals surface area (Å²) in [5.74, 6) is 1.96. The summed E-state index contributed by atoms with van der Waals surface area (Å²) < 4.78 is 0. The highest BCUT2D eigenvalue weighted by Crippen LogP contribution is 2.38. The van der Waals surface area contributed by atoms with Crippen molar-refractivity contribution in [1.29, 1.82) is 5.26 Å². The van der Waals surface area contributed by atoms with Gasteiger partial charge in [0.2, 0.25) is 5.91 Å². The van der Waals surface area contributed by atoms with Gasteiger partial charge >= 0.3 is 0 Å². The van der Waals surface area contributed by atoms with Gasteiger partial charge in [0.05, 0.1) is 16.7 Å². The smallest absolute Gasteiger partial charge is 0.244 e. The number of allylic oxidation sites excluding steroid dienone is 1. The van der Waals surface area contributed by atoms with E-state index in [0.29, 0.717) is 12.1 Å². The zero-order chi connectivity index (χ0) is 23.2. The van der Waals surface area contributed by atoms with Crippen LogP contribution >= 0.6 is 11.8 Å². The zero-order valence-electron chi connectivity index (χ0n) is 19.9. The quantitative estimate of drug-likeness (QED) is 0.549. The van der Waals surface area contributed by atoms with Gasteiger partial charge in [0.15, 0.2) is 0 Å². The van der Waals surface area contributed by atoms with E-state index in [-0.39, 0.29) is 11.2 Å². The molecule has 3 unspecified atom stereocenters. The molecule has 0 spiro atoms. The van der Waals surface area contributed by atoms with Gasteiger partial charge in [0.25, 0.3) is 0 Å². The maximum atomic E-state index is 12.7. The van der Waals surface area contributed by atoms with E-state index in [1.807, 2.05) is 19.2 Å². The molecule has 5 nitrogen and oxygen atoms in total. The van der Waals surface area contributed by atoms with Crippen LogP contribution in [-0.4, -0.2) is 47.1 Å². The fourth-order valence-corrected chi connectivity index (χ4v) is 6.66. The van der Waals surface area contributed by atoms with Crippen molar-refractivity contribution in [3.63, 3.8) is 0 Å². The number of fused-ring (bicyclic) bond motifs is 1. The zero-order valence-corrected chi connectivity index (χ0v) is 20.7. The Morgan fingerprint density at radius 1 is 1.27 bits per heavy atom. The molecule has 0 bridgehead atoms. The third-order valence-corrected chi connectivity index (χ3v) is 8.70. The first-order chi connectivity index (χ1) is 16.1. The Morgan fingerprint density at radius 3 is 2.88 bits per heavy atom. The Bertz CT molecular complexity index is 950. The normalized spacial score (nSPS) is 27.5. The summed E-state index contributed by atoms with van der Waals surface area (Å²) in [4.78, 5) is 17.0. The Hall–Kier alpha value is -2.23. The number of carbonyl (C=O) groups is 1. The van der Waals surface area contributed by atoms with Crippen LogP contribution in [-0.2, 0) is 11.2 Å². The second-order valence-electron chi connectivity index (χ2n) is 9.51. The largest absolute Gasteiger partial charge is 0.362 e. The molecule has 2 saturated heterocycles. The molecular weight excluding hydrogens is 428 g/mol. The molecule has 4 rings (SSSR count). The van der Waals surface area contributed by atoms with Crippen molar-refractivity contribution in [2.75, 3.05) is 31.5 Å². The van der Waals surface area contributed by atoms with E-state index in [1.54, 1.807) is 11.8 Å². The number of benzene rings is 1. The highest BCUT2D eigenvalue weighted by atomic mass is 32.2. The second-order valence-corrected chi connectivity index (χ2v) is 10.6. The lowest BCUT2D eigenvalue weighted by atomic mass is 9.75. The number of carbonyl (C=O) groups excluding carboxylic acids is 1. The van der Waals surface area contributed by atoms with Crippen LogP contribution in [0, 0.1) is 23.2 Å². The summed E-state index contributed by atoms with van der Waals surface area (Å²) in [6, 6.07) is 10.8. The third kappa shape index (κ3) is 5.83. The van der Waals surface area contributed by atoms with Crippen molar-refractivity contribution in [2.45, 2.75) is 57.6 Å². The Balaban J connectivity index is 1.29. The SMILES string of the molecule is CCN1C(=O)C(C=CNc2cccc(CCN3CCC4CCCCC4C3)c2)S/C1=C(\C)C#N. The minimum absolute atomic E-state index is 0.0423. The summed E-state index contributed by atoms with van der Waals surface area (Å²) in [5, 5.41) is 13.0. The summed E-state index contributed by atoms with van der Waals surface area (Å²) in [7, 11) is 0. The molecule has 1 saturated carbocycles. The van der Waals surface area contributed by atoms with E-state index in [1.165, 1.54) is 62.5 Å². The number of thioether (sulfide) groups is 1. The number of nitrogens with one attached hydrogen (secondary N) is 1. The van der Waals surface area contributed by atoms with Crippen molar-refractivity contribution in [2.24, 2.45) is 11.8 Å². The van der Waals surface area contributed by atoms with Crippen molar-refractivity contribution in [3.8, 4) is 6.07 Å². The van der Waals surface area contributed by atoms with Crippen molar-refractivity contribution < 1.29 is 4.79 Å².